The molecular weight excluding hydrogens is 148 g/mol. The third kappa shape index (κ3) is 2.02. The summed E-state index contributed by atoms with van der Waals surface area (Å²) in [5, 5.41) is 11.6. The number of nitrogens with zero attached hydrogens (tertiary/aromatic N) is 1. The zero-order chi connectivity index (χ0) is 6.69. The molecule has 0 saturated carbocycles. The molecule has 0 aliphatic carbocycles. The Hall–Kier alpha value is -0.520. The summed E-state index contributed by atoms with van der Waals surface area (Å²) in [7, 11) is 0. The van der Waals surface area contributed by atoms with Gasteiger partial charge in [0, 0.05) is 12.1 Å². The molecule has 0 radical (unpaired) electrons. The number of halogens is 1. The molecule has 0 unspecified atom stereocenters. The van der Waals surface area contributed by atoms with Gasteiger partial charge in [0.2, 0.25) is 0 Å². The van der Waals surface area contributed by atoms with Crippen LogP contribution in [0.5, 0.6) is 0 Å². The van der Waals surface area contributed by atoms with Crippen molar-refractivity contribution >= 4 is 12.4 Å². The van der Waals surface area contributed by atoms with E-state index in [0.717, 1.165) is 25.1 Å². The highest BCUT2D eigenvalue weighted by Gasteiger charge is 2.07. The number of allylic oxidation sites excluding steroid dienone is 1. The van der Waals surface area contributed by atoms with Gasteiger partial charge in [0.05, 0.1) is 6.07 Å². The first-order valence-corrected chi connectivity index (χ1v) is 3.14. The zero-order valence-electron chi connectivity index (χ0n) is 5.98. The highest BCUT2D eigenvalue weighted by atomic mass is 35.5. The summed E-state index contributed by atoms with van der Waals surface area (Å²) in [6, 6.07) is 2.15. The van der Waals surface area contributed by atoms with E-state index in [4.69, 9.17) is 5.26 Å². The Morgan fingerprint density at radius 2 is 2.40 bits per heavy atom. The van der Waals surface area contributed by atoms with Crippen molar-refractivity contribution < 1.29 is 0 Å². The maximum Gasteiger partial charge on any atom is 0.0944 e. The Morgan fingerprint density at radius 3 is 2.80 bits per heavy atom. The van der Waals surface area contributed by atoms with Crippen LogP contribution >= 0.6 is 12.4 Å². The standard InChI is InChI=1S/C7H10N2.ClH/c1-6(4-8)7-2-3-9-5-7;/h9H,2-3,5H2,1H3;1H/b7-6+;. The fraction of sp³-hybridized carbons (Fsp3) is 0.571. The summed E-state index contributed by atoms with van der Waals surface area (Å²) in [6.07, 6.45) is 1.05. The minimum Gasteiger partial charge on any atom is -0.313 e. The second-order valence-electron chi connectivity index (χ2n) is 2.27. The van der Waals surface area contributed by atoms with Crippen LogP contribution in [-0.4, -0.2) is 13.1 Å². The molecule has 3 heteroatoms. The second-order valence-corrected chi connectivity index (χ2v) is 2.27. The molecule has 0 bridgehead atoms. The lowest BCUT2D eigenvalue weighted by Crippen LogP contribution is -2.04. The molecule has 56 valence electrons. The van der Waals surface area contributed by atoms with Crippen molar-refractivity contribution in [2.45, 2.75) is 13.3 Å². The predicted octanol–water partition coefficient (Wildman–Crippen LogP) is 1.24. The monoisotopic (exact) mass is 158 g/mol. The van der Waals surface area contributed by atoms with Crippen molar-refractivity contribution in [3.05, 3.63) is 11.1 Å². The molecule has 1 N–H and O–H groups in total. The van der Waals surface area contributed by atoms with Gasteiger partial charge in [-0.05, 0) is 25.5 Å². The van der Waals surface area contributed by atoms with Gasteiger partial charge in [0.25, 0.3) is 0 Å². The van der Waals surface area contributed by atoms with Crippen LogP contribution in [0.2, 0.25) is 0 Å². The minimum absolute atomic E-state index is 0. The molecule has 0 spiro atoms. The highest BCUT2D eigenvalue weighted by Crippen LogP contribution is 2.10. The molecule has 2 nitrogen and oxygen atoms in total. The van der Waals surface area contributed by atoms with Crippen molar-refractivity contribution in [2.24, 2.45) is 0 Å². The first-order chi connectivity index (χ1) is 4.34. The van der Waals surface area contributed by atoms with Gasteiger partial charge >= 0.3 is 0 Å². The average molecular weight is 159 g/mol. The summed E-state index contributed by atoms with van der Waals surface area (Å²) >= 11 is 0. The Kier molecular flexibility index (Phi) is 4.10. The van der Waals surface area contributed by atoms with E-state index in [1.807, 2.05) is 6.92 Å². The number of hydrogen-bond donors (Lipinski definition) is 1. The summed E-state index contributed by atoms with van der Waals surface area (Å²) in [4.78, 5) is 0. The third-order valence-electron chi connectivity index (χ3n) is 1.64. The van der Waals surface area contributed by atoms with E-state index in [9.17, 15) is 0 Å². The van der Waals surface area contributed by atoms with Crippen molar-refractivity contribution in [1.29, 1.82) is 5.26 Å². The second kappa shape index (κ2) is 4.32. The molecule has 0 aromatic rings. The fourth-order valence-corrected chi connectivity index (χ4v) is 0.966. The van der Waals surface area contributed by atoms with Crippen molar-refractivity contribution in [3.8, 4) is 6.07 Å². The molecule has 0 aromatic heterocycles. The lowest BCUT2D eigenvalue weighted by molar-refractivity contribution is 0.862. The van der Waals surface area contributed by atoms with E-state index in [1.54, 1.807) is 0 Å². The molecular formula is C7H11ClN2. The topological polar surface area (TPSA) is 35.8 Å². The molecule has 10 heavy (non-hydrogen) atoms. The lowest BCUT2D eigenvalue weighted by atomic mass is 10.1. The van der Waals surface area contributed by atoms with Crippen LogP contribution < -0.4 is 5.32 Å². The highest BCUT2D eigenvalue weighted by molar-refractivity contribution is 5.85. The normalized spacial score (nSPS) is 21.2. The van der Waals surface area contributed by atoms with Gasteiger partial charge in [0.1, 0.15) is 0 Å². The van der Waals surface area contributed by atoms with Gasteiger partial charge in [-0.3, -0.25) is 0 Å². The largest absolute Gasteiger partial charge is 0.313 e. The van der Waals surface area contributed by atoms with Gasteiger partial charge in [-0.1, -0.05) is 0 Å². The van der Waals surface area contributed by atoms with Crippen molar-refractivity contribution in [1.82, 2.24) is 5.32 Å². The van der Waals surface area contributed by atoms with Crippen LogP contribution in [0.15, 0.2) is 11.1 Å². The Balaban J connectivity index is 0.000000810. The average Bonchev–Trinajstić information content (AvgIpc) is 2.37. The maximum atomic E-state index is 8.46. The Bertz CT molecular complexity index is 171. The predicted molar refractivity (Wildman–Crippen MR) is 43.0 cm³/mol. The Morgan fingerprint density at radius 1 is 1.70 bits per heavy atom. The zero-order valence-corrected chi connectivity index (χ0v) is 6.79. The summed E-state index contributed by atoms with van der Waals surface area (Å²) in [5.74, 6) is 0. The van der Waals surface area contributed by atoms with Gasteiger partial charge < -0.3 is 5.32 Å². The molecule has 1 aliphatic heterocycles. The fourth-order valence-electron chi connectivity index (χ4n) is 0.966. The molecule has 0 amide bonds. The van der Waals surface area contributed by atoms with Gasteiger partial charge in [0.15, 0.2) is 0 Å². The van der Waals surface area contributed by atoms with Crippen LogP contribution in [-0.2, 0) is 0 Å². The molecule has 1 heterocycles. The van der Waals surface area contributed by atoms with Crippen LogP contribution in [0.3, 0.4) is 0 Å². The Labute approximate surface area is 67.3 Å². The smallest absolute Gasteiger partial charge is 0.0944 e. The molecule has 1 aliphatic rings. The number of nitriles is 1. The summed E-state index contributed by atoms with van der Waals surface area (Å²) < 4.78 is 0. The van der Waals surface area contributed by atoms with E-state index in [2.05, 4.69) is 11.4 Å². The third-order valence-corrected chi connectivity index (χ3v) is 1.64. The first-order valence-electron chi connectivity index (χ1n) is 3.14. The number of rotatable bonds is 0. The number of hydrogen-bond acceptors (Lipinski definition) is 2. The molecule has 1 saturated heterocycles. The van der Waals surface area contributed by atoms with Crippen LogP contribution in [0, 0.1) is 11.3 Å². The van der Waals surface area contributed by atoms with Crippen LogP contribution in [0.4, 0.5) is 0 Å². The first kappa shape index (κ1) is 9.48. The van der Waals surface area contributed by atoms with Gasteiger partial charge in [-0.2, -0.15) is 5.26 Å². The lowest BCUT2D eigenvalue weighted by Gasteiger charge is -1.92. The van der Waals surface area contributed by atoms with Crippen molar-refractivity contribution in [2.75, 3.05) is 13.1 Å². The number of nitrogens with one attached hydrogen (secondary N) is 1. The van der Waals surface area contributed by atoms with E-state index >= 15 is 0 Å². The van der Waals surface area contributed by atoms with E-state index in [0.29, 0.717) is 0 Å². The van der Waals surface area contributed by atoms with Crippen LogP contribution in [0.25, 0.3) is 0 Å². The van der Waals surface area contributed by atoms with Gasteiger partial charge in [-0.15, -0.1) is 12.4 Å². The van der Waals surface area contributed by atoms with E-state index in [-0.39, 0.29) is 12.4 Å². The van der Waals surface area contributed by atoms with E-state index < -0.39 is 0 Å². The van der Waals surface area contributed by atoms with Gasteiger partial charge in [-0.25, -0.2) is 0 Å². The van der Waals surface area contributed by atoms with Crippen LogP contribution in [0.1, 0.15) is 13.3 Å². The van der Waals surface area contributed by atoms with Crippen molar-refractivity contribution in [3.63, 3.8) is 0 Å². The summed E-state index contributed by atoms with van der Waals surface area (Å²) in [6.45, 7) is 3.83. The van der Waals surface area contributed by atoms with E-state index in [1.165, 1.54) is 5.57 Å². The minimum atomic E-state index is 0. The molecule has 0 aromatic carbocycles. The molecule has 0 atom stereocenters. The molecule has 1 rings (SSSR count). The quantitative estimate of drug-likeness (QED) is 0.539. The summed E-state index contributed by atoms with van der Waals surface area (Å²) in [5.41, 5.74) is 2.16. The SMILES string of the molecule is C/C(C#N)=C1/CCNC1.Cl. The maximum absolute atomic E-state index is 8.46. The molecule has 1 fully saturated rings.